The Labute approximate surface area is 122 Å². The fraction of sp³-hybridized carbons (Fsp3) is 0.667. The van der Waals surface area contributed by atoms with Crippen molar-refractivity contribution < 1.29 is 0 Å². The minimum atomic E-state index is 0.495. The van der Waals surface area contributed by atoms with Crippen LogP contribution in [-0.2, 0) is 6.54 Å². The molecule has 0 spiro atoms. The molecule has 0 saturated heterocycles. The van der Waals surface area contributed by atoms with E-state index in [4.69, 9.17) is 11.6 Å². The lowest BCUT2D eigenvalue weighted by Gasteiger charge is -2.28. The second-order valence-electron chi connectivity index (χ2n) is 4.91. The molecule has 1 heterocycles. The van der Waals surface area contributed by atoms with Crippen molar-refractivity contribution in [3.8, 4) is 0 Å². The highest BCUT2D eigenvalue weighted by Gasteiger charge is 2.15. The zero-order valence-electron chi connectivity index (χ0n) is 12.5. The molecule has 0 fully saturated rings. The average Bonchev–Trinajstić information content (AvgIpc) is 2.40. The van der Waals surface area contributed by atoms with E-state index >= 15 is 0 Å². The molecule has 0 aromatic carbocycles. The monoisotopic (exact) mass is 283 g/mol. The van der Waals surface area contributed by atoms with Gasteiger partial charge >= 0.3 is 0 Å². The van der Waals surface area contributed by atoms with Gasteiger partial charge in [0.25, 0.3) is 0 Å². The molecule has 1 aromatic heterocycles. The summed E-state index contributed by atoms with van der Waals surface area (Å²) in [6.07, 6.45) is 5.26. The third-order valence-electron chi connectivity index (χ3n) is 3.46. The number of nitrogens with zero attached hydrogens (tertiary/aromatic N) is 2. The number of hydrogen-bond acceptors (Lipinski definition) is 3. The number of hydrogen-bond donors (Lipinski definition) is 1. The Morgan fingerprint density at radius 2 is 2.00 bits per heavy atom. The Bertz CT molecular complexity index is 378. The highest BCUT2D eigenvalue weighted by atomic mass is 35.5. The van der Waals surface area contributed by atoms with E-state index in [2.05, 4.69) is 43.0 Å². The third-order valence-corrected chi connectivity index (χ3v) is 3.74. The van der Waals surface area contributed by atoms with Gasteiger partial charge in [0.2, 0.25) is 0 Å². The molecule has 1 N–H and O–H groups in total. The standard InChI is InChI=1S/C15H26ClN3/c1-5-8-17-10-12-9-14(16)15(18-11-12)19(4)13(6-2)7-3/h9,11,13,17H,5-8,10H2,1-4H3. The van der Waals surface area contributed by atoms with Gasteiger partial charge in [0, 0.05) is 25.8 Å². The molecule has 0 radical (unpaired) electrons. The molecule has 1 aromatic rings. The van der Waals surface area contributed by atoms with E-state index in [1.165, 1.54) is 0 Å². The van der Waals surface area contributed by atoms with E-state index in [-0.39, 0.29) is 0 Å². The van der Waals surface area contributed by atoms with Gasteiger partial charge in [-0.25, -0.2) is 4.98 Å². The molecule has 108 valence electrons. The maximum Gasteiger partial charge on any atom is 0.147 e. The molecule has 1 rings (SSSR count). The van der Waals surface area contributed by atoms with E-state index in [9.17, 15) is 0 Å². The summed E-state index contributed by atoms with van der Waals surface area (Å²) in [7, 11) is 2.07. The lowest BCUT2D eigenvalue weighted by atomic mass is 10.1. The summed E-state index contributed by atoms with van der Waals surface area (Å²) in [5.41, 5.74) is 1.14. The number of halogens is 1. The molecule has 4 heteroatoms. The first-order chi connectivity index (χ1) is 9.13. The number of nitrogens with one attached hydrogen (secondary N) is 1. The van der Waals surface area contributed by atoms with Crippen molar-refractivity contribution in [2.45, 2.75) is 52.6 Å². The average molecular weight is 284 g/mol. The van der Waals surface area contributed by atoms with Crippen LogP contribution in [0.4, 0.5) is 5.82 Å². The van der Waals surface area contributed by atoms with Crippen LogP contribution >= 0.6 is 11.6 Å². The van der Waals surface area contributed by atoms with Crippen molar-refractivity contribution in [2.75, 3.05) is 18.5 Å². The van der Waals surface area contributed by atoms with Gasteiger partial charge in [-0.2, -0.15) is 0 Å². The molecule has 3 nitrogen and oxygen atoms in total. The topological polar surface area (TPSA) is 28.2 Å². The van der Waals surface area contributed by atoms with E-state index in [1.54, 1.807) is 0 Å². The number of rotatable bonds is 8. The van der Waals surface area contributed by atoms with Gasteiger partial charge in [0.05, 0.1) is 5.02 Å². The van der Waals surface area contributed by atoms with E-state index in [0.29, 0.717) is 6.04 Å². The van der Waals surface area contributed by atoms with E-state index in [0.717, 1.165) is 48.8 Å². The van der Waals surface area contributed by atoms with Crippen LogP contribution in [0.5, 0.6) is 0 Å². The number of anilines is 1. The summed E-state index contributed by atoms with van der Waals surface area (Å²) < 4.78 is 0. The van der Waals surface area contributed by atoms with Crippen molar-refractivity contribution in [2.24, 2.45) is 0 Å². The van der Waals surface area contributed by atoms with Gasteiger partial charge in [0.1, 0.15) is 5.82 Å². The molecule has 0 atom stereocenters. The normalized spacial score (nSPS) is 11.1. The van der Waals surface area contributed by atoms with Crippen LogP contribution in [0, 0.1) is 0 Å². The molecule has 0 amide bonds. The first kappa shape index (κ1) is 16.3. The Kier molecular flexibility index (Phi) is 7.17. The fourth-order valence-electron chi connectivity index (χ4n) is 2.25. The van der Waals surface area contributed by atoms with E-state index in [1.807, 2.05) is 12.3 Å². The minimum absolute atomic E-state index is 0.495. The minimum Gasteiger partial charge on any atom is -0.355 e. The predicted octanol–water partition coefficient (Wildman–Crippen LogP) is 3.86. The van der Waals surface area contributed by atoms with Gasteiger partial charge in [-0.05, 0) is 37.4 Å². The zero-order chi connectivity index (χ0) is 14.3. The van der Waals surface area contributed by atoms with Crippen molar-refractivity contribution >= 4 is 17.4 Å². The molecule has 0 saturated carbocycles. The zero-order valence-corrected chi connectivity index (χ0v) is 13.3. The lowest BCUT2D eigenvalue weighted by Crippen LogP contribution is -2.31. The second kappa shape index (κ2) is 8.39. The molecule has 0 aliphatic rings. The van der Waals surface area contributed by atoms with Gasteiger partial charge in [0.15, 0.2) is 0 Å². The van der Waals surface area contributed by atoms with Crippen molar-refractivity contribution in [1.29, 1.82) is 0 Å². The van der Waals surface area contributed by atoms with Crippen LogP contribution in [0.3, 0.4) is 0 Å². The van der Waals surface area contributed by atoms with Gasteiger partial charge in [-0.15, -0.1) is 0 Å². The van der Waals surface area contributed by atoms with Crippen molar-refractivity contribution in [1.82, 2.24) is 10.3 Å². The van der Waals surface area contributed by atoms with Crippen LogP contribution in [-0.4, -0.2) is 24.6 Å². The third kappa shape index (κ3) is 4.66. The van der Waals surface area contributed by atoms with Crippen LogP contribution in [0.15, 0.2) is 12.3 Å². The quantitative estimate of drug-likeness (QED) is 0.734. The predicted molar refractivity (Wildman–Crippen MR) is 84.0 cm³/mol. The van der Waals surface area contributed by atoms with Crippen LogP contribution in [0.25, 0.3) is 0 Å². The smallest absolute Gasteiger partial charge is 0.147 e. The molecular weight excluding hydrogens is 258 g/mol. The fourth-order valence-corrected chi connectivity index (χ4v) is 2.57. The Morgan fingerprint density at radius 3 is 2.53 bits per heavy atom. The van der Waals surface area contributed by atoms with Gasteiger partial charge in [-0.1, -0.05) is 32.4 Å². The summed E-state index contributed by atoms with van der Waals surface area (Å²) >= 11 is 6.36. The van der Waals surface area contributed by atoms with Crippen molar-refractivity contribution in [3.05, 3.63) is 22.8 Å². The summed E-state index contributed by atoms with van der Waals surface area (Å²) in [6, 6.07) is 2.51. The summed E-state index contributed by atoms with van der Waals surface area (Å²) in [6.45, 7) is 8.40. The lowest BCUT2D eigenvalue weighted by molar-refractivity contribution is 0.586. The molecule has 0 unspecified atom stereocenters. The summed E-state index contributed by atoms with van der Waals surface area (Å²) in [5, 5.41) is 4.10. The SMILES string of the molecule is CCCNCc1cnc(N(C)C(CC)CC)c(Cl)c1. The molecule has 0 aliphatic heterocycles. The largest absolute Gasteiger partial charge is 0.355 e. The number of aromatic nitrogens is 1. The molecule has 0 bridgehead atoms. The van der Waals surface area contributed by atoms with Crippen LogP contribution in [0.2, 0.25) is 5.02 Å². The highest BCUT2D eigenvalue weighted by Crippen LogP contribution is 2.26. The van der Waals surface area contributed by atoms with E-state index < -0.39 is 0 Å². The van der Waals surface area contributed by atoms with Crippen LogP contribution in [0.1, 0.15) is 45.6 Å². The first-order valence-corrected chi connectivity index (χ1v) is 7.59. The van der Waals surface area contributed by atoms with Gasteiger partial charge in [-0.3, -0.25) is 0 Å². The second-order valence-corrected chi connectivity index (χ2v) is 5.31. The number of pyridine rings is 1. The Hall–Kier alpha value is -0.800. The molecule has 19 heavy (non-hydrogen) atoms. The maximum atomic E-state index is 6.36. The van der Waals surface area contributed by atoms with Crippen LogP contribution < -0.4 is 10.2 Å². The van der Waals surface area contributed by atoms with Gasteiger partial charge < -0.3 is 10.2 Å². The Morgan fingerprint density at radius 1 is 1.32 bits per heavy atom. The maximum absolute atomic E-state index is 6.36. The first-order valence-electron chi connectivity index (χ1n) is 7.21. The summed E-state index contributed by atoms with van der Waals surface area (Å²) in [5.74, 6) is 0.884. The molecule has 0 aliphatic carbocycles. The highest BCUT2D eigenvalue weighted by molar-refractivity contribution is 6.33. The Balaban J connectivity index is 2.76. The summed E-state index contributed by atoms with van der Waals surface area (Å²) in [4.78, 5) is 6.71. The molecular formula is C15H26ClN3. The van der Waals surface area contributed by atoms with Crippen molar-refractivity contribution in [3.63, 3.8) is 0 Å².